The maximum Gasteiger partial charge on any atom is 0.262 e. The molecule has 1 aliphatic carbocycles. The minimum Gasteiger partial charge on any atom is -0.548 e. The topological polar surface area (TPSA) is 75.0 Å². The van der Waals surface area contributed by atoms with Gasteiger partial charge in [0.1, 0.15) is 4.83 Å². The number of hydrogen-bond acceptors (Lipinski definition) is 5. The third-order valence-corrected chi connectivity index (χ3v) is 4.44. The zero-order chi connectivity index (χ0) is 12.7. The Hall–Kier alpha value is -1.69. The van der Waals surface area contributed by atoms with Crippen LogP contribution in [0.1, 0.15) is 23.3 Å². The molecule has 0 saturated heterocycles. The summed E-state index contributed by atoms with van der Waals surface area (Å²) in [5, 5.41) is 11.2. The van der Waals surface area contributed by atoms with Crippen molar-refractivity contribution >= 4 is 27.5 Å². The molecule has 0 unspecified atom stereocenters. The lowest BCUT2D eigenvalue weighted by Crippen LogP contribution is -2.33. The molecular formula is C12H11N2O3S-. The summed E-state index contributed by atoms with van der Waals surface area (Å²) in [5.41, 5.74) is 0.815. The summed E-state index contributed by atoms with van der Waals surface area (Å²) in [7, 11) is 0. The van der Waals surface area contributed by atoms with Gasteiger partial charge in [0.25, 0.3) is 5.56 Å². The number of nitrogens with zero attached hydrogens (tertiary/aromatic N) is 2. The first-order valence-corrected chi connectivity index (χ1v) is 6.68. The van der Waals surface area contributed by atoms with Crippen molar-refractivity contribution in [3.8, 4) is 0 Å². The van der Waals surface area contributed by atoms with Crippen molar-refractivity contribution < 1.29 is 9.90 Å². The molecule has 2 aromatic rings. The number of fused-ring (bicyclic) bond motifs is 3. The monoisotopic (exact) mass is 263 g/mol. The van der Waals surface area contributed by atoms with E-state index >= 15 is 0 Å². The van der Waals surface area contributed by atoms with Crippen LogP contribution in [-0.4, -0.2) is 15.5 Å². The van der Waals surface area contributed by atoms with Crippen molar-refractivity contribution in [2.75, 3.05) is 0 Å². The number of aliphatic carboxylic acids is 1. The predicted octanol–water partition coefficient (Wildman–Crippen LogP) is 0.0867. The third kappa shape index (κ3) is 1.73. The molecule has 0 radical (unpaired) electrons. The van der Waals surface area contributed by atoms with Crippen LogP contribution >= 0.6 is 11.3 Å². The van der Waals surface area contributed by atoms with E-state index in [9.17, 15) is 14.7 Å². The molecule has 0 bridgehead atoms. The van der Waals surface area contributed by atoms with Crippen molar-refractivity contribution in [2.45, 2.75) is 32.2 Å². The second-order valence-electron chi connectivity index (χ2n) is 4.44. The molecular weight excluding hydrogens is 252 g/mol. The van der Waals surface area contributed by atoms with E-state index in [1.54, 1.807) is 11.3 Å². The summed E-state index contributed by atoms with van der Waals surface area (Å²) >= 11 is 1.55. The average Bonchev–Trinajstić information content (AvgIpc) is 2.71. The summed E-state index contributed by atoms with van der Waals surface area (Å²) in [6.45, 7) is -0.438. The van der Waals surface area contributed by atoms with Gasteiger partial charge in [0.2, 0.25) is 0 Å². The smallest absolute Gasteiger partial charge is 0.262 e. The molecule has 0 spiro atoms. The molecule has 2 aromatic heterocycles. The van der Waals surface area contributed by atoms with E-state index < -0.39 is 12.5 Å². The van der Waals surface area contributed by atoms with Gasteiger partial charge in [0, 0.05) is 4.88 Å². The van der Waals surface area contributed by atoms with Gasteiger partial charge < -0.3 is 9.90 Å². The van der Waals surface area contributed by atoms with Crippen LogP contribution in [0.3, 0.4) is 0 Å². The third-order valence-electron chi connectivity index (χ3n) is 3.24. The quantitative estimate of drug-likeness (QED) is 0.769. The first-order chi connectivity index (χ1) is 8.66. The van der Waals surface area contributed by atoms with Crippen LogP contribution in [0.4, 0.5) is 0 Å². The average molecular weight is 263 g/mol. The highest BCUT2D eigenvalue weighted by Crippen LogP contribution is 2.33. The fourth-order valence-electron chi connectivity index (χ4n) is 2.43. The number of carbonyl (C=O) groups is 1. The molecule has 0 fully saturated rings. The summed E-state index contributed by atoms with van der Waals surface area (Å²) in [5.74, 6) is -1.28. The Bertz CT molecular complexity index is 686. The lowest BCUT2D eigenvalue weighted by molar-refractivity contribution is -0.306. The van der Waals surface area contributed by atoms with Gasteiger partial charge in [-0.15, -0.1) is 11.3 Å². The predicted molar refractivity (Wildman–Crippen MR) is 65.5 cm³/mol. The highest BCUT2D eigenvalue weighted by atomic mass is 32.1. The van der Waals surface area contributed by atoms with Gasteiger partial charge in [0.15, 0.2) is 0 Å². The van der Waals surface area contributed by atoms with E-state index in [1.165, 1.54) is 11.2 Å². The highest BCUT2D eigenvalue weighted by Gasteiger charge is 2.19. The van der Waals surface area contributed by atoms with Crippen LogP contribution in [0.15, 0.2) is 11.1 Å². The number of rotatable bonds is 2. The Labute approximate surface area is 107 Å². The molecule has 3 rings (SSSR count). The van der Waals surface area contributed by atoms with Crippen LogP contribution in [0, 0.1) is 0 Å². The van der Waals surface area contributed by atoms with Crippen LogP contribution in [0.25, 0.3) is 10.2 Å². The number of hydrogen-bond donors (Lipinski definition) is 0. The highest BCUT2D eigenvalue weighted by molar-refractivity contribution is 7.18. The molecule has 1 aliphatic rings. The molecule has 5 nitrogen and oxygen atoms in total. The largest absolute Gasteiger partial charge is 0.548 e. The summed E-state index contributed by atoms with van der Waals surface area (Å²) in [6.07, 6.45) is 5.40. The Morgan fingerprint density at radius 2 is 2.22 bits per heavy atom. The summed E-state index contributed by atoms with van der Waals surface area (Å²) in [4.78, 5) is 29.0. The molecule has 0 N–H and O–H groups in total. The number of aromatic nitrogens is 2. The Balaban J connectivity index is 2.24. The molecule has 0 saturated carbocycles. The molecule has 94 valence electrons. The number of carbonyl (C=O) groups excluding carboxylic acids is 1. The van der Waals surface area contributed by atoms with Crippen molar-refractivity contribution in [3.63, 3.8) is 0 Å². The maximum absolute atomic E-state index is 12.2. The van der Waals surface area contributed by atoms with Gasteiger partial charge in [-0.3, -0.25) is 9.36 Å². The SMILES string of the molecule is O=C([O-])Cn1cnc2sc3c(c2c1=O)CCCC3. The van der Waals surface area contributed by atoms with Crippen molar-refractivity contribution in [2.24, 2.45) is 0 Å². The molecule has 0 aliphatic heterocycles. The maximum atomic E-state index is 12.2. The number of carboxylic acids is 1. The standard InChI is InChI=1S/C12H12N2O3S/c15-9(16)5-14-6-13-11-10(12(14)17)7-3-1-2-4-8(7)18-11/h6H,1-5H2,(H,15,16)/p-1. The van der Waals surface area contributed by atoms with E-state index in [1.807, 2.05) is 0 Å². The minimum absolute atomic E-state index is 0.261. The molecule has 0 amide bonds. The van der Waals surface area contributed by atoms with Gasteiger partial charge in [-0.2, -0.15) is 0 Å². The molecule has 2 heterocycles. The first kappa shape index (κ1) is 11.4. The Morgan fingerprint density at radius 3 is 3.00 bits per heavy atom. The molecule has 18 heavy (non-hydrogen) atoms. The van der Waals surface area contributed by atoms with E-state index in [4.69, 9.17) is 0 Å². The van der Waals surface area contributed by atoms with E-state index in [-0.39, 0.29) is 5.56 Å². The van der Waals surface area contributed by atoms with Gasteiger partial charge >= 0.3 is 0 Å². The van der Waals surface area contributed by atoms with E-state index in [2.05, 4.69) is 4.98 Å². The second-order valence-corrected chi connectivity index (χ2v) is 5.52. The Morgan fingerprint density at radius 1 is 1.44 bits per heavy atom. The number of aryl methyl sites for hydroxylation is 2. The van der Waals surface area contributed by atoms with Gasteiger partial charge in [-0.05, 0) is 31.2 Å². The van der Waals surface area contributed by atoms with Crippen molar-refractivity contribution in [1.82, 2.24) is 9.55 Å². The van der Waals surface area contributed by atoms with E-state index in [0.717, 1.165) is 40.6 Å². The molecule has 0 atom stereocenters. The Kier molecular flexibility index (Phi) is 2.66. The molecule has 0 aromatic carbocycles. The zero-order valence-electron chi connectivity index (χ0n) is 9.64. The molecule has 6 heteroatoms. The summed E-state index contributed by atoms with van der Waals surface area (Å²) in [6, 6.07) is 0. The zero-order valence-corrected chi connectivity index (χ0v) is 10.5. The van der Waals surface area contributed by atoms with E-state index in [0.29, 0.717) is 5.39 Å². The lowest BCUT2D eigenvalue weighted by Gasteiger charge is -2.10. The van der Waals surface area contributed by atoms with Gasteiger partial charge in [-0.25, -0.2) is 4.98 Å². The lowest BCUT2D eigenvalue weighted by atomic mass is 9.97. The van der Waals surface area contributed by atoms with Crippen LogP contribution in [0.2, 0.25) is 0 Å². The second kappa shape index (κ2) is 4.20. The fourth-order valence-corrected chi connectivity index (χ4v) is 3.65. The van der Waals surface area contributed by atoms with Crippen LogP contribution in [0.5, 0.6) is 0 Å². The van der Waals surface area contributed by atoms with Crippen LogP contribution in [-0.2, 0) is 24.2 Å². The first-order valence-electron chi connectivity index (χ1n) is 5.86. The van der Waals surface area contributed by atoms with Crippen LogP contribution < -0.4 is 10.7 Å². The number of carboxylic acid groups (broad SMARTS) is 1. The minimum atomic E-state index is -1.28. The number of thiophene rings is 1. The van der Waals surface area contributed by atoms with Gasteiger partial charge in [-0.1, -0.05) is 0 Å². The van der Waals surface area contributed by atoms with Gasteiger partial charge in [0.05, 0.1) is 24.2 Å². The van der Waals surface area contributed by atoms with Crippen molar-refractivity contribution in [3.05, 3.63) is 27.1 Å². The normalized spacial score (nSPS) is 14.7. The fraction of sp³-hybridized carbons (Fsp3) is 0.417. The summed E-state index contributed by atoms with van der Waals surface area (Å²) < 4.78 is 1.11. The van der Waals surface area contributed by atoms with Crippen molar-refractivity contribution in [1.29, 1.82) is 0 Å².